The molecule has 0 aliphatic carbocycles. The Bertz CT molecular complexity index is 1320. The number of hydrogen-bond acceptors (Lipinski definition) is 2. The first kappa shape index (κ1) is 19.6. The van der Waals surface area contributed by atoms with Gasteiger partial charge in [-0.3, -0.25) is 9.36 Å². The maximum Gasteiger partial charge on any atom is 0.416 e. The fourth-order valence-electron chi connectivity index (χ4n) is 3.11. The monoisotopic (exact) mass is 410 g/mol. The van der Waals surface area contributed by atoms with Gasteiger partial charge in [0.15, 0.2) is 0 Å². The predicted octanol–water partition coefficient (Wildman–Crippen LogP) is 5.71. The van der Waals surface area contributed by atoms with E-state index in [0.717, 1.165) is 16.7 Å². The highest BCUT2D eigenvalue weighted by atomic mass is 19.4. The maximum atomic E-state index is 13.5. The molecule has 0 N–H and O–H groups in total. The average molecular weight is 410 g/mol. The van der Waals surface area contributed by atoms with Gasteiger partial charge in [-0.25, -0.2) is 9.37 Å². The van der Waals surface area contributed by atoms with E-state index in [4.69, 9.17) is 0 Å². The van der Waals surface area contributed by atoms with Crippen molar-refractivity contribution >= 4 is 23.1 Å². The number of rotatable bonds is 3. The first-order chi connectivity index (χ1) is 14.3. The van der Waals surface area contributed by atoms with Crippen LogP contribution in [0.3, 0.4) is 0 Å². The Morgan fingerprint density at radius 1 is 0.867 bits per heavy atom. The molecule has 3 aromatic carbocycles. The molecule has 0 atom stereocenters. The highest BCUT2D eigenvalue weighted by Crippen LogP contribution is 2.30. The van der Waals surface area contributed by atoms with Crippen LogP contribution >= 0.6 is 0 Å². The Labute approximate surface area is 168 Å². The molecule has 0 aliphatic heterocycles. The molecule has 1 heterocycles. The molecule has 150 valence electrons. The lowest BCUT2D eigenvalue weighted by molar-refractivity contribution is -0.137. The first-order valence-corrected chi connectivity index (χ1v) is 8.96. The molecule has 0 saturated heterocycles. The number of halogens is 4. The number of para-hydroxylation sites is 1. The lowest BCUT2D eigenvalue weighted by atomic mass is 10.1. The van der Waals surface area contributed by atoms with Crippen LogP contribution in [0, 0.1) is 5.82 Å². The van der Waals surface area contributed by atoms with Crippen LogP contribution < -0.4 is 5.56 Å². The standard InChI is InChI=1S/C23H14F4N2O/c24-17-7-3-5-15(13-17)11-12-21-28-20-10-2-1-9-19(20)22(30)29(21)18-8-4-6-16(14-18)23(25,26)27/h1-14H/b12-11-. The van der Waals surface area contributed by atoms with Crippen molar-refractivity contribution in [2.45, 2.75) is 6.18 Å². The molecule has 0 radical (unpaired) electrons. The van der Waals surface area contributed by atoms with E-state index in [1.54, 1.807) is 36.4 Å². The third-order valence-corrected chi connectivity index (χ3v) is 4.51. The van der Waals surface area contributed by atoms with Gasteiger partial charge in [-0.1, -0.05) is 36.4 Å². The van der Waals surface area contributed by atoms with Gasteiger partial charge in [0.2, 0.25) is 0 Å². The Morgan fingerprint density at radius 2 is 1.63 bits per heavy atom. The van der Waals surface area contributed by atoms with Crippen molar-refractivity contribution in [3.05, 3.63) is 106 Å². The van der Waals surface area contributed by atoms with Gasteiger partial charge in [0.1, 0.15) is 11.6 Å². The van der Waals surface area contributed by atoms with E-state index in [1.165, 1.54) is 36.4 Å². The summed E-state index contributed by atoms with van der Waals surface area (Å²) in [6.45, 7) is 0. The summed E-state index contributed by atoms with van der Waals surface area (Å²) in [7, 11) is 0. The van der Waals surface area contributed by atoms with Gasteiger partial charge in [0.25, 0.3) is 5.56 Å². The van der Waals surface area contributed by atoms with Crippen LogP contribution in [-0.4, -0.2) is 9.55 Å². The third kappa shape index (κ3) is 3.87. The Kier molecular flexibility index (Phi) is 4.95. The first-order valence-electron chi connectivity index (χ1n) is 8.96. The molecule has 1 aromatic heterocycles. The minimum Gasteiger partial charge on any atom is -0.268 e. The minimum atomic E-state index is -4.55. The summed E-state index contributed by atoms with van der Waals surface area (Å²) in [6.07, 6.45) is -1.53. The highest BCUT2D eigenvalue weighted by molar-refractivity contribution is 5.80. The zero-order valence-corrected chi connectivity index (χ0v) is 15.4. The topological polar surface area (TPSA) is 34.9 Å². The quantitative estimate of drug-likeness (QED) is 0.405. The van der Waals surface area contributed by atoms with Crippen molar-refractivity contribution in [2.75, 3.05) is 0 Å². The summed E-state index contributed by atoms with van der Waals surface area (Å²) in [5.41, 5.74) is -0.413. The van der Waals surface area contributed by atoms with Gasteiger partial charge < -0.3 is 0 Å². The van der Waals surface area contributed by atoms with Gasteiger partial charge >= 0.3 is 6.18 Å². The summed E-state index contributed by atoms with van der Waals surface area (Å²) in [4.78, 5) is 17.6. The number of alkyl halides is 3. The fourth-order valence-corrected chi connectivity index (χ4v) is 3.11. The number of benzene rings is 3. The summed E-state index contributed by atoms with van der Waals surface area (Å²) in [5, 5.41) is 0.276. The van der Waals surface area contributed by atoms with E-state index in [-0.39, 0.29) is 16.9 Å². The van der Waals surface area contributed by atoms with Crippen LogP contribution in [0.4, 0.5) is 17.6 Å². The van der Waals surface area contributed by atoms with Gasteiger partial charge in [0.05, 0.1) is 22.2 Å². The molecular formula is C23H14F4N2O. The maximum absolute atomic E-state index is 13.5. The largest absolute Gasteiger partial charge is 0.416 e. The van der Waals surface area contributed by atoms with Crippen molar-refractivity contribution in [3.63, 3.8) is 0 Å². The predicted molar refractivity (Wildman–Crippen MR) is 108 cm³/mol. The van der Waals surface area contributed by atoms with Crippen molar-refractivity contribution in [1.29, 1.82) is 0 Å². The van der Waals surface area contributed by atoms with E-state index < -0.39 is 23.1 Å². The van der Waals surface area contributed by atoms with Crippen molar-refractivity contribution < 1.29 is 17.6 Å². The molecule has 4 aromatic rings. The van der Waals surface area contributed by atoms with Gasteiger partial charge in [-0.05, 0) is 54.1 Å². The van der Waals surface area contributed by atoms with Crippen molar-refractivity contribution in [1.82, 2.24) is 9.55 Å². The summed E-state index contributed by atoms with van der Waals surface area (Å²) < 4.78 is 54.2. The molecule has 4 rings (SSSR count). The van der Waals surface area contributed by atoms with E-state index >= 15 is 0 Å². The molecule has 0 amide bonds. The van der Waals surface area contributed by atoms with E-state index in [2.05, 4.69) is 4.98 Å². The molecule has 0 fully saturated rings. The van der Waals surface area contributed by atoms with Crippen LogP contribution in [0.15, 0.2) is 77.6 Å². The lowest BCUT2D eigenvalue weighted by Crippen LogP contribution is -2.22. The molecule has 3 nitrogen and oxygen atoms in total. The van der Waals surface area contributed by atoms with Gasteiger partial charge in [-0.15, -0.1) is 0 Å². The number of aromatic nitrogens is 2. The van der Waals surface area contributed by atoms with Crippen molar-refractivity contribution in [3.8, 4) is 5.69 Å². The molecule has 0 unspecified atom stereocenters. The molecule has 0 saturated carbocycles. The third-order valence-electron chi connectivity index (χ3n) is 4.51. The summed E-state index contributed by atoms with van der Waals surface area (Å²) in [6, 6.07) is 16.8. The highest BCUT2D eigenvalue weighted by Gasteiger charge is 2.30. The fraction of sp³-hybridized carbons (Fsp3) is 0.0435. The molecule has 0 spiro atoms. The Balaban J connectivity index is 1.95. The lowest BCUT2D eigenvalue weighted by Gasteiger charge is -2.14. The van der Waals surface area contributed by atoms with Crippen LogP contribution in [0.1, 0.15) is 17.0 Å². The zero-order valence-electron chi connectivity index (χ0n) is 15.4. The van der Waals surface area contributed by atoms with Gasteiger partial charge in [-0.2, -0.15) is 13.2 Å². The molecule has 7 heteroatoms. The number of nitrogens with zero attached hydrogens (tertiary/aromatic N) is 2. The summed E-state index contributed by atoms with van der Waals surface area (Å²) in [5.74, 6) is -0.304. The molecular weight excluding hydrogens is 396 g/mol. The Morgan fingerprint density at radius 3 is 2.40 bits per heavy atom. The molecule has 0 aliphatic rings. The SMILES string of the molecule is O=c1c2ccccc2nc(/C=C\c2cccc(F)c2)n1-c1cccc(C(F)(F)F)c1. The van der Waals surface area contributed by atoms with E-state index in [1.807, 2.05) is 0 Å². The van der Waals surface area contributed by atoms with Crippen LogP contribution in [0.5, 0.6) is 0 Å². The van der Waals surface area contributed by atoms with Gasteiger partial charge in [0, 0.05) is 0 Å². The molecule has 0 bridgehead atoms. The zero-order chi connectivity index (χ0) is 21.3. The summed E-state index contributed by atoms with van der Waals surface area (Å²) >= 11 is 0. The van der Waals surface area contributed by atoms with Crippen LogP contribution in [0.25, 0.3) is 28.7 Å². The Hall–Kier alpha value is -3.74. The number of fused-ring (bicyclic) bond motifs is 1. The molecule has 30 heavy (non-hydrogen) atoms. The second kappa shape index (κ2) is 7.59. The average Bonchev–Trinajstić information content (AvgIpc) is 2.72. The minimum absolute atomic E-state index is 0.0342. The van der Waals surface area contributed by atoms with E-state index in [0.29, 0.717) is 11.1 Å². The van der Waals surface area contributed by atoms with E-state index in [9.17, 15) is 22.4 Å². The van der Waals surface area contributed by atoms with Crippen LogP contribution in [0.2, 0.25) is 0 Å². The smallest absolute Gasteiger partial charge is 0.268 e. The van der Waals surface area contributed by atoms with Crippen LogP contribution in [-0.2, 0) is 6.18 Å². The normalized spacial score (nSPS) is 12.0. The number of hydrogen-bond donors (Lipinski definition) is 0. The van der Waals surface area contributed by atoms with Crippen molar-refractivity contribution in [2.24, 2.45) is 0 Å². The second-order valence-corrected chi connectivity index (χ2v) is 6.56. The second-order valence-electron chi connectivity index (χ2n) is 6.56.